The molecule has 0 spiro atoms. The van der Waals surface area contributed by atoms with Gasteiger partial charge in [0.25, 0.3) is 0 Å². The minimum Gasteiger partial charge on any atom is -0.301 e. The predicted molar refractivity (Wildman–Crippen MR) is 100 cm³/mol. The average Bonchev–Trinajstić information content (AvgIpc) is 2.94. The van der Waals surface area contributed by atoms with E-state index in [1.807, 2.05) is 18.2 Å². The van der Waals surface area contributed by atoms with Crippen LogP contribution in [-0.2, 0) is 4.79 Å². The number of aromatic nitrogens is 1. The van der Waals surface area contributed by atoms with E-state index in [1.54, 1.807) is 18.2 Å². The fraction of sp³-hybridized carbons (Fsp3) is 0.0667. The third-order valence-corrected chi connectivity index (χ3v) is 5.88. The van der Waals surface area contributed by atoms with Gasteiger partial charge in [0.2, 0.25) is 5.91 Å². The van der Waals surface area contributed by atoms with Crippen molar-refractivity contribution in [2.75, 3.05) is 11.1 Å². The largest absolute Gasteiger partial charge is 0.301 e. The number of nitrogens with one attached hydrogen (secondary N) is 1. The maximum atomic E-state index is 12.0. The molecule has 118 valence electrons. The standard InChI is InChI=1S/C15H9Cl3N2OS2/c16-8-1-3-9(4-2-8)22-7-12(21)19-15-20-14-11(23-15)6-5-10(17)13(14)18/h1-6H,7H2,(H,19,20,21). The van der Waals surface area contributed by atoms with E-state index in [9.17, 15) is 4.79 Å². The summed E-state index contributed by atoms with van der Waals surface area (Å²) in [5.41, 5.74) is 0.602. The molecule has 0 radical (unpaired) electrons. The van der Waals surface area contributed by atoms with Crippen LogP contribution in [0.2, 0.25) is 15.1 Å². The molecule has 0 fully saturated rings. The number of thioether (sulfide) groups is 1. The lowest BCUT2D eigenvalue weighted by atomic mass is 10.3. The Morgan fingerprint density at radius 1 is 1.13 bits per heavy atom. The van der Waals surface area contributed by atoms with E-state index in [0.29, 0.717) is 25.7 Å². The zero-order valence-corrected chi connectivity index (χ0v) is 15.4. The summed E-state index contributed by atoms with van der Waals surface area (Å²) in [6.07, 6.45) is 0. The highest BCUT2D eigenvalue weighted by atomic mass is 35.5. The molecule has 0 saturated carbocycles. The maximum absolute atomic E-state index is 12.0. The van der Waals surface area contributed by atoms with Gasteiger partial charge in [-0.2, -0.15) is 0 Å². The molecule has 1 aromatic heterocycles. The van der Waals surface area contributed by atoms with Gasteiger partial charge in [0, 0.05) is 9.92 Å². The van der Waals surface area contributed by atoms with Crippen molar-refractivity contribution < 1.29 is 4.79 Å². The maximum Gasteiger partial charge on any atom is 0.236 e. The van der Waals surface area contributed by atoms with Crippen LogP contribution in [0.25, 0.3) is 10.2 Å². The van der Waals surface area contributed by atoms with Crippen LogP contribution in [0.5, 0.6) is 0 Å². The fourth-order valence-corrected chi connectivity index (χ4v) is 3.96. The lowest BCUT2D eigenvalue weighted by Gasteiger charge is -2.02. The van der Waals surface area contributed by atoms with E-state index < -0.39 is 0 Å². The Balaban J connectivity index is 1.66. The topological polar surface area (TPSA) is 42.0 Å². The predicted octanol–water partition coefficient (Wildman–Crippen LogP) is 5.99. The molecule has 2 aromatic carbocycles. The Hall–Kier alpha value is -0.980. The normalized spacial score (nSPS) is 10.9. The number of benzene rings is 2. The number of nitrogens with zero attached hydrogens (tertiary/aromatic N) is 1. The smallest absolute Gasteiger partial charge is 0.236 e. The van der Waals surface area contributed by atoms with Crippen molar-refractivity contribution in [2.45, 2.75) is 4.90 Å². The SMILES string of the molecule is O=C(CSc1ccc(Cl)cc1)Nc1nc2c(Cl)c(Cl)ccc2s1. The number of halogens is 3. The summed E-state index contributed by atoms with van der Waals surface area (Å²) < 4.78 is 0.875. The molecule has 8 heteroatoms. The summed E-state index contributed by atoms with van der Waals surface area (Å²) in [6.45, 7) is 0. The third kappa shape index (κ3) is 4.11. The molecule has 0 unspecified atom stereocenters. The first-order valence-corrected chi connectivity index (χ1v) is 9.39. The molecule has 1 N–H and O–H groups in total. The summed E-state index contributed by atoms with van der Waals surface area (Å²) in [5.74, 6) is 0.151. The number of hydrogen-bond acceptors (Lipinski definition) is 4. The van der Waals surface area contributed by atoms with Crippen LogP contribution in [0.3, 0.4) is 0 Å². The number of rotatable bonds is 4. The number of fused-ring (bicyclic) bond motifs is 1. The third-order valence-electron chi connectivity index (χ3n) is 2.88. The van der Waals surface area contributed by atoms with Crippen LogP contribution in [0.15, 0.2) is 41.3 Å². The minimum atomic E-state index is -0.133. The van der Waals surface area contributed by atoms with Crippen molar-refractivity contribution in [2.24, 2.45) is 0 Å². The monoisotopic (exact) mass is 402 g/mol. The summed E-state index contributed by atoms with van der Waals surface area (Å²) in [5, 5.41) is 4.80. The van der Waals surface area contributed by atoms with Gasteiger partial charge in [0.15, 0.2) is 5.13 Å². The number of carbonyl (C=O) groups excluding carboxylic acids is 1. The first kappa shape index (κ1) is 16.9. The van der Waals surface area contributed by atoms with Crippen LogP contribution >= 0.6 is 57.9 Å². The highest BCUT2D eigenvalue weighted by molar-refractivity contribution is 8.00. The lowest BCUT2D eigenvalue weighted by molar-refractivity contribution is -0.113. The zero-order valence-electron chi connectivity index (χ0n) is 11.5. The van der Waals surface area contributed by atoms with E-state index in [0.717, 1.165) is 9.60 Å². The second kappa shape index (κ2) is 7.28. The quantitative estimate of drug-likeness (QED) is 0.544. The van der Waals surface area contributed by atoms with Crippen LogP contribution in [-0.4, -0.2) is 16.6 Å². The van der Waals surface area contributed by atoms with E-state index in [4.69, 9.17) is 34.8 Å². The van der Waals surface area contributed by atoms with Gasteiger partial charge < -0.3 is 5.32 Å². The second-order valence-electron chi connectivity index (χ2n) is 4.52. The van der Waals surface area contributed by atoms with Crippen molar-refractivity contribution >= 4 is 79.2 Å². The molecular weight excluding hydrogens is 395 g/mol. The van der Waals surface area contributed by atoms with Gasteiger partial charge in [0.05, 0.1) is 20.5 Å². The molecular formula is C15H9Cl3N2OS2. The Kier molecular flexibility index (Phi) is 5.34. The Labute approximate surface area is 156 Å². The lowest BCUT2D eigenvalue weighted by Crippen LogP contribution is -2.13. The van der Waals surface area contributed by atoms with E-state index in [1.165, 1.54) is 23.1 Å². The first-order valence-electron chi connectivity index (χ1n) is 6.45. The van der Waals surface area contributed by atoms with E-state index in [2.05, 4.69) is 10.3 Å². The van der Waals surface area contributed by atoms with E-state index >= 15 is 0 Å². The summed E-state index contributed by atoms with van der Waals surface area (Å²) in [6, 6.07) is 10.9. The number of amides is 1. The Bertz CT molecular complexity index is 865. The van der Waals surface area contributed by atoms with Crippen molar-refractivity contribution in [3.63, 3.8) is 0 Å². The minimum absolute atomic E-state index is 0.133. The molecule has 3 nitrogen and oxygen atoms in total. The van der Waals surface area contributed by atoms with Gasteiger partial charge in [-0.25, -0.2) is 4.98 Å². The summed E-state index contributed by atoms with van der Waals surface area (Å²) in [4.78, 5) is 17.3. The van der Waals surface area contributed by atoms with Gasteiger partial charge in [-0.15, -0.1) is 11.8 Å². The van der Waals surface area contributed by atoms with Gasteiger partial charge in [0.1, 0.15) is 5.52 Å². The van der Waals surface area contributed by atoms with E-state index in [-0.39, 0.29) is 11.7 Å². The number of hydrogen-bond donors (Lipinski definition) is 1. The Morgan fingerprint density at radius 2 is 1.87 bits per heavy atom. The summed E-state index contributed by atoms with van der Waals surface area (Å²) >= 11 is 20.7. The number of carbonyl (C=O) groups is 1. The molecule has 3 aromatic rings. The van der Waals surface area contributed by atoms with Gasteiger partial charge >= 0.3 is 0 Å². The first-order chi connectivity index (χ1) is 11.0. The molecule has 0 saturated heterocycles. The van der Waals surface area contributed by atoms with Crippen molar-refractivity contribution in [1.29, 1.82) is 0 Å². The van der Waals surface area contributed by atoms with Crippen molar-refractivity contribution in [3.05, 3.63) is 51.5 Å². The average molecular weight is 404 g/mol. The number of thiazole rings is 1. The highest BCUT2D eigenvalue weighted by Gasteiger charge is 2.12. The van der Waals surface area contributed by atoms with Crippen LogP contribution < -0.4 is 5.32 Å². The number of anilines is 1. The molecule has 23 heavy (non-hydrogen) atoms. The van der Waals surface area contributed by atoms with Crippen LogP contribution in [0, 0.1) is 0 Å². The molecule has 0 bridgehead atoms. The molecule has 0 atom stereocenters. The van der Waals surface area contributed by atoms with Crippen LogP contribution in [0.4, 0.5) is 5.13 Å². The van der Waals surface area contributed by atoms with Crippen LogP contribution in [0.1, 0.15) is 0 Å². The Morgan fingerprint density at radius 3 is 2.61 bits per heavy atom. The molecule has 0 aliphatic rings. The van der Waals surface area contributed by atoms with Gasteiger partial charge in [-0.05, 0) is 36.4 Å². The van der Waals surface area contributed by atoms with Gasteiger partial charge in [-0.1, -0.05) is 46.1 Å². The van der Waals surface area contributed by atoms with Gasteiger partial charge in [-0.3, -0.25) is 4.79 Å². The zero-order chi connectivity index (χ0) is 16.4. The molecule has 0 aliphatic heterocycles. The molecule has 3 rings (SSSR count). The molecule has 1 heterocycles. The second-order valence-corrected chi connectivity index (χ2v) is 7.82. The van der Waals surface area contributed by atoms with Crippen molar-refractivity contribution in [1.82, 2.24) is 4.98 Å². The molecule has 0 aliphatic carbocycles. The fourth-order valence-electron chi connectivity index (χ4n) is 1.83. The molecule has 1 amide bonds. The highest BCUT2D eigenvalue weighted by Crippen LogP contribution is 2.35. The summed E-state index contributed by atoms with van der Waals surface area (Å²) in [7, 11) is 0. The van der Waals surface area contributed by atoms with Crippen molar-refractivity contribution in [3.8, 4) is 0 Å².